The quantitative estimate of drug-likeness (QED) is 0.560. The number of ether oxygens (including phenoxy) is 2. The lowest BCUT2D eigenvalue weighted by Crippen LogP contribution is -2.58. The fourth-order valence-corrected chi connectivity index (χ4v) is 2.10. The van der Waals surface area contributed by atoms with Gasteiger partial charge in [-0.3, -0.25) is 14.4 Å². The van der Waals surface area contributed by atoms with Gasteiger partial charge in [-0.15, -0.1) is 0 Å². The molecule has 0 bridgehead atoms. The number of nitrogens with one attached hydrogen (secondary N) is 1. The fraction of sp³-hybridized carbons (Fsp3) is 0.375. The predicted octanol–water partition coefficient (Wildman–Crippen LogP) is -0.276. The van der Waals surface area contributed by atoms with Crippen LogP contribution in [0.25, 0.3) is 0 Å². The SMILES string of the molecule is CC(=O)N[C@](C)(Cc1ccc(OC(C)=O)c(OC(C)=O)c1)C(=O)[O-]. The molecule has 0 radical (unpaired) electrons. The minimum atomic E-state index is -1.65. The monoisotopic (exact) mass is 336 g/mol. The van der Waals surface area contributed by atoms with E-state index in [1.165, 1.54) is 45.9 Å². The van der Waals surface area contributed by atoms with Gasteiger partial charge in [0, 0.05) is 27.2 Å². The molecule has 0 spiro atoms. The molecule has 0 heterocycles. The molecule has 1 N–H and O–H groups in total. The number of aliphatic carboxylic acids is 1. The van der Waals surface area contributed by atoms with Gasteiger partial charge >= 0.3 is 11.9 Å². The maximum absolute atomic E-state index is 11.4. The summed E-state index contributed by atoms with van der Waals surface area (Å²) < 4.78 is 9.91. The van der Waals surface area contributed by atoms with Crippen LogP contribution >= 0.6 is 0 Å². The summed E-state index contributed by atoms with van der Waals surface area (Å²) in [5.74, 6) is -3.23. The van der Waals surface area contributed by atoms with E-state index in [-0.39, 0.29) is 17.9 Å². The summed E-state index contributed by atoms with van der Waals surface area (Å²) in [6.07, 6.45) is -0.121. The Morgan fingerprint density at radius 3 is 2.04 bits per heavy atom. The molecule has 0 aliphatic rings. The first-order chi connectivity index (χ1) is 11.0. The zero-order valence-corrected chi connectivity index (χ0v) is 13.8. The van der Waals surface area contributed by atoms with Crippen LogP contribution in [0.1, 0.15) is 33.3 Å². The predicted molar refractivity (Wildman–Crippen MR) is 80.0 cm³/mol. The average molecular weight is 336 g/mol. The van der Waals surface area contributed by atoms with Crippen LogP contribution in [0, 0.1) is 0 Å². The minimum Gasteiger partial charge on any atom is -0.548 e. The Morgan fingerprint density at radius 2 is 1.58 bits per heavy atom. The molecular formula is C16H18NO7-. The summed E-state index contributed by atoms with van der Waals surface area (Å²) in [5.41, 5.74) is -1.22. The van der Waals surface area contributed by atoms with Crippen molar-refractivity contribution in [2.75, 3.05) is 0 Å². The van der Waals surface area contributed by atoms with Crippen LogP contribution in [0.4, 0.5) is 0 Å². The van der Waals surface area contributed by atoms with E-state index in [9.17, 15) is 24.3 Å². The van der Waals surface area contributed by atoms with Gasteiger partial charge in [0.15, 0.2) is 11.5 Å². The summed E-state index contributed by atoms with van der Waals surface area (Å²) in [5, 5.41) is 13.7. The molecule has 0 saturated heterocycles. The van der Waals surface area contributed by atoms with Crippen molar-refractivity contribution in [1.82, 2.24) is 5.32 Å². The van der Waals surface area contributed by atoms with E-state index in [0.717, 1.165) is 0 Å². The first-order valence-corrected chi connectivity index (χ1v) is 7.03. The number of rotatable bonds is 6. The molecule has 0 aliphatic carbocycles. The van der Waals surface area contributed by atoms with Crippen molar-refractivity contribution in [2.45, 2.75) is 39.7 Å². The van der Waals surface area contributed by atoms with Crippen LogP contribution in [0.2, 0.25) is 0 Å². The second-order valence-corrected chi connectivity index (χ2v) is 5.45. The second kappa shape index (κ2) is 7.58. The largest absolute Gasteiger partial charge is 0.548 e. The molecule has 1 rings (SSSR count). The highest BCUT2D eigenvalue weighted by Crippen LogP contribution is 2.30. The molecule has 0 aliphatic heterocycles. The lowest BCUT2D eigenvalue weighted by Gasteiger charge is -2.31. The maximum Gasteiger partial charge on any atom is 0.308 e. The van der Waals surface area contributed by atoms with Crippen molar-refractivity contribution in [3.8, 4) is 11.5 Å². The number of carboxylic acid groups (broad SMARTS) is 1. The average Bonchev–Trinajstić information content (AvgIpc) is 2.39. The summed E-state index contributed by atoms with van der Waals surface area (Å²) in [4.78, 5) is 44.8. The smallest absolute Gasteiger partial charge is 0.308 e. The molecule has 1 atom stereocenters. The van der Waals surface area contributed by atoms with E-state index in [4.69, 9.17) is 9.47 Å². The Hall–Kier alpha value is -2.90. The number of carboxylic acids is 1. The normalized spacial score (nSPS) is 12.7. The first-order valence-electron chi connectivity index (χ1n) is 7.03. The molecule has 0 fully saturated rings. The van der Waals surface area contributed by atoms with E-state index in [2.05, 4.69) is 5.32 Å². The van der Waals surface area contributed by atoms with Crippen LogP contribution in [0.3, 0.4) is 0 Å². The van der Waals surface area contributed by atoms with Crippen molar-refractivity contribution >= 4 is 23.8 Å². The van der Waals surface area contributed by atoms with E-state index in [1.807, 2.05) is 0 Å². The zero-order chi connectivity index (χ0) is 18.5. The topological polar surface area (TPSA) is 122 Å². The molecule has 8 nitrogen and oxygen atoms in total. The van der Waals surface area contributed by atoms with Gasteiger partial charge in [-0.05, 0) is 24.6 Å². The van der Waals surface area contributed by atoms with E-state index >= 15 is 0 Å². The molecule has 1 aromatic rings. The number of hydrogen-bond donors (Lipinski definition) is 1. The maximum atomic E-state index is 11.4. The Bertz CT molecular complexity index is 683. The number of benzene rings is 1. The number of esters is 2. The minimum absolute atomic E-state index is 0.0242. The zero-order valence-electron chi connectivity index (χ0n) is 13.8. The van der Waals surface area contributed by atoms with Gasteiger partial charge in [0.2, 0.25) is 5.91 Å². The summed E-state index contributed by atoms with van der Waals surface area (Å²) >= 11 is 0. The first kappa shape index (κ1) is 19.1. The highest BCUT2D eigenvalue weighted by molar-refractivity contribution is 5.84. The summed E-state index contributed by atoms with van der Waals surface area (Å²) in [6.45, 7) is 4.85. The van der Waals surface area contributed by atoms with E-state index in [0.29, 0.717) is 5.56 Å². The number of amides is 1. The Kier molecular flexibility index (Phi) is 6.05. The molecule has 0 unspecified atom stereocenters. The lowest BCUT2D eigenvalue weighted by atomic mass is 9.92. The number of carbonyl (C=O) groups is 4. The third-order valence-electron chi connectivity index (χ3n) is 2.98. The second-order valence-electron chi connectivity index (χ2n) is 5.45. The van der Waals surface area contributed by atoms with Crippen LogP contribution in [0.5, 0.6) is 11.5 Å². The van der Waals surface area contributed by atoms with Gasteiger partial charge in [0.05, 0.1) is 11.5 Å². The van der Waals surface area contributed by atoms with E-state index in [1.54, 1.807) is 0 Å². The fourth-order valence-electron chi connectivity index (χ4n) is 2.10. The molecule has 24 heavy (non-hydrogen) atoms. The third-order valence-corrected chi connectivity index (χ3v) is 2.98. The van der Waals surface area contributed by atoms with Crippen LogP contribution in [0.15, 0.2) is 18.2 Å². The van der Waals surface area contributed by atoms with Gasteiger partial charge in [0.25, 0.3) is 0 Å². The van der Waals surface area contributed by atoms with Crippen LogP contribution < -0.4 is 19.9 Å². The van der Waals surface area contributed by atoms with Crippen molar-refractivity contribution in [1.29, 1.82) is 0 Å². The van der Waals surface area contributed by atoms with Crippen LogP contribution in [-0.2, 0) is 25.6 Å². The molecule has 1 aromatic carbocycles. The molecular weight excluding hydrogens is 318 g/mol. The molecule has 0 aromatic heterocycles. The van der Waals surface area contributed by atoms with Crippen molar-refractivity contribution in [3.63, 3.8) is 0 Å². The summed E-state index contributed by atoms with van der Waals surface area (Å²) in [7, 11) is 0. The van der Waals surface area contributed by atoms with Gasteiger partial charge < -0.3 is 24.7 Å². The van der Waals surface area contributed by atoms with Gasteiger partial charge in [-0.25, -0.2) is 0 Å². The van der Waals surface area contributed by atoms with Gasteiger partial charge in [0.1, 0.15) is 0 Å². The highest BCUT2D eigenvalue weighted by atomic mass is 16.6. The molecule has 0 saturated carbocycles. The van der Waals surface area contributed by atoms with Crippen molar-refractivity contribution in [3.05, 3.63) is 23.8 Å². The highest BCUT2D eigenvalue weighted by Gasteiger charge is 2.28. The number of hydrogen-bond acceptors (Lipinski definition) is 7. The van der Waals surface area contributed by atoms with Crippen molar-refractivity contribution in [2.24, 2.45) is 0 Å². The molecule has 130 valence electrons. The molecule has 8 heteroatoms. The molecule has 1 amide bonds. The third kappa shape index (κ3) is 5.38. The Balaban J connectivity index is 3.19. The van der Waals surface area contributed by atoms with Crippen molar-refractivity contribution < 1.29 is 33.8 Å². The lowest BCUT2D eigenvalue weighted by molar-refractivity contribution is -0.313. The summed E-state index contributed by atoms with van der Waals surface area (Å²) in [6, 6.07) is 4.23. The van der Waals surface area contributed by atoms with E-state index < -0.39 is 29.4 Å². The Morgan fingerprint density at radius 1 is 1.04 bits per heavy atom. The standard InChI is InChI=1S/C16H19NO7/c1-9(18)17-16(4,15(21)22)8-12-5-6-13(23-10(2)19)14(7-12)24-11(3)20/h5-7H,8H2,1-4H3,(H,17,18)(H,21,22)/p-1/t16-/m1/s1. The Labute approximate surface area is 138 Å². The van der Waals surface area contributed by atoms with Gasteiger partial charge in [-0.2, -0.15) is 0 Å². The van der Waals surface area contributed by atoms with Crippen LogP contribution in [-0.4, -0.2) is 29.4 Å². The number of carbonyl (C=O) groups excluding carboxylic acids is 4. The van der Waals surface area contributed by atoms with Gasteiger partial charge in [-0.1, -0.05) is 6.07 Å².